The molecule has 0 saturated heterocycles. The predicted molar refractivity (Wildman–Crippen MR) is 95.2 cm³/mol. The second-order valence-electron chi connectivity index (χ2n) is 6.47. The lowest BCUT2D eigenvalue weighted by atomic mass is 10.0. The van der Waals surface area contributed by atoms with Gasteiger partial charge < -0.3 is 10.2 Å². The van der Waals surface area contributed by atoms with Crippen molar-refractivity contribution < 1.29 is 0 Å². The molecule has 120 valence electrons. The fourth-order valence-electron chi connectivity index (χ4n) is 2.58. The van der Waals surface area contributed by atoms with Gasteiger partial charge in [-0.15, -0.1) is 0 Å². The SMILES string of the molecule is CCCCN(c1ccc(C)cc1CNC(C)C)C(C)CC. The van der Waals surface area contributed by atoms with Crippen LogP contribution in [-0.4, -0.2) is 18.6 Å². The Morgan fingerprint density at radius 3 is 2.43 bits per heavy atom. The Labute approximate surface area is 131 Å². The normalized spacial score (nSPS) is 12.7. The minimum Gasteiger partial charge on any atom is -0.369 e. The fourth-order valence-corrected chi connectivity index (χ4v) is 2.58. The van der Waals surface area contributed by atoms with Crippen molar-refractivity contribution in [3.63, 3.8) is 0 Å². The maximum absolute atomic E-state index is 3.57. The minimum absolute atomic E-state index is 0.519. The number of hydrogen-bond acceptors (Lipinski definition) is 2. The highest BCUT2D eigenvalue weighted by molar-refractivity contribution is 5.55. The average molecular weight is 290 g/mol. The smallest absolute Gasteiger partial charge is 0.0414 e. The molecular formula is C19H34N2. The molecule has 1 unspecified atom stereocenters. The maximum atomic E-state index is 3.57. The van der Waals surface area contributed by atoms with Crippen molar-refractivity contribution in [2.75, 3.05) is 11.4 Å². The molecule has 2 heteroatoms. The molecule has 0 fully saturated rings. The molecule has 21 heavy (non-hydrogen) atoms. The van der Waals surface area contributed by atoms with Gasteiger partial charge in [0.1, 0.15) is 0 Å². The van der Waals surface area contributed by atoms with Gasteiger partial charge in [0.15, 0.2) is 0 Å². The molecule has 0 bridgehead atoms. The van der Waals surface area contributed by atoms with Crippen LogP contribution in [0.15, 0.2) is 18.2 Å². The number of anilines is 1. The fraction of sp³-hybridized carbons (Fsp3) is 0.684. The molecular weight excluding hydrogens is 256 g/mol. The van der Waals surface area contributed by atoms with Crippen molar-refractivity contribution in [1.29, 1.82) is 0 Å². The van der Waals surface area contributed by atoms with Crippen molar-refractivity contribution in [3.8, 4) is 0 Å². The molecule has 0 aromatic heterocycles. The van der Waals surface area contributed by atoms with E-state index in [0.717, 1.165) is 13.1 Å². The van der Waals surface area contributed by atoms with E-state index in [4.69, 9.17) is 0 Å². The van der Waals surface area contributed by atoms with Gasteiger partial charge in [-0.2, -0.15) is 0 Å². The van der Waals surface area contributed by atoms with Crippen LogP contribution in [0.1, 0.15) is 65.0 Å². The van der Waals surface area contributed by atoms with E-state index >= 15 is 0 Å². The quantitative estimate of drug-likeness (QED) is 0.696. The predicted octanol–water partition coefficient (Wildman–Crippen LogP) is 4.90. The van der Waals surface area contributed by atoms with Crippen molar-refractivity contribution in [2.24, 2.45) is 0 Å². The van der Waals surface area contributed by atoms with Crippen LogP contribution in [-0.2, 0) is 6.54 Å². The largest absolute Gasteiger partial charge is 0.369 e. The third kappa shape index (κ3) is 5.70. The molecule has 1 atom stereocenters. The number of rotatable bonds is 9. The van der Waals surface area contributed by atoms with Crippen molar-refractivity contribution in [3.05, 3.63) is 29.3 Å². The second-order valence-corrected chi connectivity index (χ2v) is 6.47. The van der Waals surface area contributed by atoms with Gasteiger partial charge in [0.2, 0.25) is 0 Å². The first-order valence-corrected chi connectivity index (χ1v) is 8.59. The minimum atomic E-state index is 0.519. The lowest BCUT2D eigenvalue weighted by molar-refractivity contribution is 0.573. The Morgan fingerprint density at radius 2 is 1.86 bits per heavy atom. The maximum Gasteiger partial charge on any atom is 0.0414 e. The topological polar surface area (TPSA) is 15.3 Å². The summed E-state index contributed by atoms with van der Waals surface area (Å²) in [6, 6.07) is 8.01. The van der Waals surface area contributed by atoms with Crippen molar-refractivity contribution in [1.82, 2.24) is 5.32 Å². The van der Waals surface area contributed by atoms with Crippen molar-refractivity contribution >= 4 is 5.69 Å². The number of hydrogen-bond donors (Lipinski definition) is 1. The number of aryl methyl sites for hydroxylation is 1. The van der Waals surface area contributed by atoms with E-state index < -0.39 is 0 Å². The van der Waals surface area contributed by atoms with Gasteiger partial charge in [0.05, 0.1) is 0 Å². The van der Waals surface area contributed by atoms with E-state index in [2.05, 4.69) is 70.0 Å². The lowest BCUT2D eigenvalue weighted by Gasteiger charge is -2.33. The van der Waals surface area contributed by atoms with E-state index in [0.29, 0.717) is 12.1 Å². The lowest BCUT2D eigenvalue weighted by Crippen LogP contribution is -2.35. The molecule has 0 spiro atoms. The zero-order chi connectivity index (χ0) is 15.8. The highest BCUT2D eigenvalue weighted by Gasteiger charge is 2.16. The first-order valence-electron chi connectivity index (χ1n) is 8.59. The molecule has 0 heterocycles. The summed E-state index contributed by atoms with van der Waals surface area (Å²) in [6.45, 7) is 15.6. The van der Waals surface area contributed by atoms with E-state index in [1.807, 2.05) is 0 Å². The average Bonchev–Trinajstić information content (AvgIpc) is 2.46. The molecule has 1 aromatic rings. The monoisotopic (exact) mass is 290 g/mol. The summed E-state index contributed by atoms with van der Waals surface area (Å²) in [4.78, 5) is 2.60. The van der Waals surface area contributed by atoms with E-state index in [-0.39, 0.29) is 0 Å². The Hall–Kier alpha value is -1.02. The molecule has 0 aliphatic heterocycles. The molecule has 1 rings (SSSR count). The van der Waals surface area contributed by atoms with Crippen LogP contribution in [0.2, 0.25) is 0 Å². The van der Waals surface area contributed by atoms with E-state index in [9.17, 15) is 0 Å². The van der Waals surface area contributed by atoms with Crippen LogP contribution in [0.25, 0.3) is 0 Å². The third-order valence-corrected chi connectivity index (χ3v) is 4.12. The number of nitrogens with zero attached hydrogens (tertiary/aromatic N) is 1. The van der Waals surface area contributed by atoms with Crippen LogP contribution in [0.3, 0.4) is 0 Å². The summed E-state index contributed by atoms with van der Waals surface area (Å²) in [6.07, 6.45) is 3.70. The van der Waals surface area contributed by atoms with Crippen LogP contribution in [0, 0.1) is 6.92 Å². The molecule has 0 aliphatic rings. The van der Waals surface area contributed by atoms with Crippen LogP contribution in [0.4, 0.5) is 5.69 Å². The van der Waals surface area contributed by atoms with Gasteiger partial charge in [-0.3, -0.25) is 0 Å². The standard InChI is InChI=1S/C19H34N2/c1-7-9-12-21(17(6)8-2)19-11-10-16(5)13-18(19)14-20-15(3)4/h10-11,13,15,17,20H,7-9,12,14H2,1-6H3. The molecule has 1 N–H and O–H groups in total. The van der Waals surface area contributed by atoms with Gasteiger partial charge in [0.25, 0.3) is 0 Å². The Kier molecular flexibility index (Phi) is 7.81. The summed E-state index contributed by atoms with van der Waals surface area (Å²) in [5.74, 6) is 0. The second kappa shape index (κ2) is 9.09. The highest BCUT2D eigenvalue weighted by atomic mass is 15.2. The Balaban J connectivity index is 3.04. The third-order valence-electron chi connectivity index (χ3n) is 4.12. The summed E-state index contributed by atoms with van der Waals surface area (Å²) in [5.41, 5.74) is 4.19. The molecule has 1 aromatic carbocycles. The molecule has 0 saturated carbocycles. The zero-order valence-electron chi connectivity index (χ0n) is 14.9. The van der Waals surface area contributed by atoms with Crippen LogP contribution < -0.4 is 10.2 Å². The van der Waals surface area contributed by atoms with Gasteiger partial charge in [-0.05, 0) is 38.3 Å². The first-order chi connectivity index (χ1) is 9.99. The first kappa shape index (κ1) is 18.0. The zero-order valence-corrected chi connectivity index (χ0v) is 14.9. The number of benzene rings is 1. The van der Waals surface area contributed by atoms with Gasteiger partial charge >= 0.3 is 0 Å². The van der Waals surface area contributed by atoms with E-state index in [1.54, 1.807) is 0 Å². The summed E-state index contributed by atoms with van der Waals surface area (Å²) in [7, 11) is 0. The highest BCUT2D eigenvalue weighted by Crippen LogP contribution is 2.25. The molecule has 0 aliphatic carbocycles. The summed E-state index contributed by atoms with van der Waals surface area (Å²) < 4.78 is 0. The number of unbranched alkanes of at least 4 members (excludes halogenated alkanes) is 1. The summed E-state index contributed by atoms with van der Waals surface area (Å²) in [5, 5.41) is 3.57. The summed E-state index contributed by atoms with van der Waals surface area (Å²) >= 11 is 0. The van der Waals surface area contributed by atoms with E-state index in [1.165, 1.54) is 36.1 Å². The Morgan fingerprint density at radius 1 is 1.14 bits per heavy atom. The molecule has 0 amide bonds. The van der Waals surface area contributed by atoms with Crippen molar-refractivity contribution in [2.45, 2.75) is 79.4 Å². The van der Waals surface area contributed by atoms with Crippen LogP contribution in [0.5, 0.6) is 0 Å². The van der Waals surface area contributed by atoms with Gasteiger partial charge in [0, 0.05) is 30.9 Å². The van der Waals surface area contributed by atoms with Gasteiger partial charge in [-0.1, -0.05) is 51.8 Å². The van der Waals surface area contributed by atoms with Crippen LogP contribution >= 0.6 is 0 Å². The van der Waals surface area contributed by atoms with Gasteiger partial charge in [-0.25, -0.2) is 0 Å². The molecule has 0 radical (unpaired) electrons. The Bertz CT molecular complexity index is 412. The number of nitrogens with one attached hydrogen (secondary N) is 1. The molecule has 2 nitrogen and oxygen atoms in total.